The number of ether oxygens (including phenoxy) is 1. The molecule has 0 aliphatic heterocycles. The van der Waals surface area contributed by atoms with Gasteiger partial charge in [0.1, 0.15) is 5.75 Å². The number of halogens is 3. The molecule has 0 radical (unpaired) electrons. The van der Waals surface area contributed by atoms with Crippen LogP contribution in [0.3, 0.4) is 0 Å². The van der Waals surface area contributed by atoms with Gasteiger partial charge in [0.15, 0.2) is 0 Å². The third-order valence-electron chi connectivity index (χ3n) is 4.80. The Hall–Kier alpha value is -1.86. The Morgan fingerprint density at radius 2 is 1.61 bits per heavy atom. The molecule has 0 saturated heterocycles. The van der Waals surface area contributed by atoms with E-state index in [1.807, 2.05) is 39.8 Å². The van der Waals surface area contributed by atoms with E-state index in [2.05, 4.69) is 29.0 Å². The highest BCUT2D eigenvalue weighted by Gasteiger charge is 2.26. The van der Waals surface area contributed by atoms with Crippen LogP contribution in [0, 0.1) is 6.92 Å². The van der Waals surface area contributed by atoms with Gasteiger partial charge in [-0.05, 0) is 70.2 Å². The lowest BCUT2D eigenvalue weighted by Crippen LogP contribution is -2.36. The summed E-state index contributed by atoms with van der Waals surface area (Å²) in [6.45, 7) is 7.83. The molecule has 31 heavy (non-hydrogen) atoms. The highest BCUT2D eigenvalue weighted by atomic mass is 32.2. The molecule has 0 aliphatic rings. The summed E-state index contributed by atoms with van der Waals surface area (Å²) in [5.41, 5.74) is 3.38. The van der Waals surface area contributed by atoms with E-state index in [0.29, 0.717) is 5.75 Å². The van der Waals surface area contributed by atoms with Gasteiger partial charge < -0.3 is 4.74 Å². The first kappa shape index (κ1) is 25.4. The number of benzene rings is 2. The number of hydrogen-bond acceptors (Lipinski definition) is 2. The summed E-state index contributed by atoms with van der Waals surface area (Å²) in [6.07, 6.45) is -3.50. The van der Waals surface area contributed by atoms with E-state index >= 15 is 0 Å². The second kappa shape index (κ2) is 11.1. The van der Waals surface area contributed by atoms with Crippen molar-refractivity contribution >= 4 is 11.0 Å². The van der Waals surface area contributed by atoms with Gasteiger partial charge in [-0.1, -0.05) is 42.0 Å². The van der Waals surface area contributed by atoms with Crippen LogP contribution in [-0.4, -0.2) is 21.7 Å². The van der Waals surface area contributed by atoms with E-state index < -0.39 is 28.3 Å². The van der Waals surface area contributed by atoms with Crippen LogP contribution in [0.2, 0.25) is 0 Å². The van der Waals surface area contributed by atoms with Crippen molar-refractivity contribution in [1.29, 1.82) is 0 Å². The highest BCUT2D eigenvalue weighted by Crippen LogP contribution is 2.25. The summed E-state index contributed by atoms with van der Waals surface area (Å²) >= 11 is 0. The van der Waals surface area contributed by atoms with Crippen LogP contribution < -0.4 is 9.46 Å². The molecule has 172 valence electrons. The summed E-state index contributed by atoms with van der Waals surface area (Å²) in [5.74, 6) is 0.528. The first-order chi connectivity index (χ1) is 14.4. The zero-order valence-corrected chi connectivity index (χ0v) is 19.4. The highest BCUT2D eigenvalue weighted by molar-refractivity contribution is 7.84. The molecular formula is C24H32F3NO2S. The molecule has 7 heteroatoms. The van der Waals surface area contributed by atoms with E-state index in [0.717, 1.165) is 18.4 Å². The van der Waals surface area contributed by atoms with E-state index in [9.17, 15) is 17.4 Å². The van der Waals surface area contributed by atoms with E-state index in [1.54, 1.807) is 12.1 Å². The molecule has 0 saturated carbocycles. The Morgan fingerprint density at radius 3 is 2.16 bits per heavy atom. The van der Waals surface area contributed by atoms with Crippen molar-refractivity contribution in [2.75, 3.05) is 6.61 Å². The summed E-state index contributed by atoms with van der Waals surface area (Å²) in [6, 6.07) is 15.5. The number of nitrogens with one attached hydrogen (secondary N) is 1. The Labute approximate surface area is 186 Å². The molecule has 0 amide bonds. The molecule has 1 N–H and O–H groups in total. The molecule has 2 rings (SSSR count). The standard InChI is InChI=1S/C24H32F3NO2S/c1-18-6-8-19(9-7-18)10-15-22(28-31(29)23(2,3)4)20-11-13-21(14-12-20)30-17-5-16-24(25,26)27/h6-9,11-14,22,28H,5,10,15-17H2,1-4H3/t22-,31?/m1/s1. The second-order valence-electron chi connectivity index (χ2n) is 8.71. The van der Waals surface area contributed by atoms with Crippen LogP contribution in [0.15, 0.2) is 48.5 Å². The predicted molar refractivity (Wildman–Crippen MR) is 120 cm³/mol. The third kappa shape index (κ3) is 9.44. The number of aryl methyl sites for hydroxylation is 2. The van der Waals surface area contributed by atoms with Crippen LogP contribution in [0.4, 0.5) is 13.2 Å². The maximum Gasteiger partial charge on any atom is 0.389 e. The Balaban J connectivity index is 2.03. The molecule has 0 aromatic heterocycles. The van der Waals surface area contributed by atoms with Gasteiger partial charge >= 0.3 is 6.18 Å². The predicted octanol–water partition coefficient (Wildman–Crippen LogP) is 6.44. The van der Waals surface area contributed by atoms with Crippen molar-refractivity contribution in [3.8, 4) is 5.75 Å². The Bertz CT molecular complexity index is 828. The topological polar surface area (TPSA) is 38.3 Å². The van der Waals surface area contributed by atoms with Crippen LogP contribution in [-0.2, 0) is 17.4 Å². The maximum absolute atomic E-state index is 12.7. The fourth-order valence-corrected chi connectivity index (χ4v) is 3.79. The second-order valence-corrected chi connectivity index (χ2v) is 10.7. The smallest absolute Gasteiger partial charge is 0.389 e. The average Bonchev–Trinajstić information content (AvgIpc) is 2.68. The average molecular weight is 456 g/mol. The molecule has 1 unspecified atom stereocenters. The summed E-state index contributed by atoms with van der Waals surface area (Å²) in [7, 11) is -1.24. The lowest BCUT2D eigenvalue weighted by molar-refractivity contribution is -0.136. The molecule has 2 atom stereocenters. The van der Waals surface area contributed by atoms with Crippen molar-refractivity contribution in [1.82, 2.24) is 4.72 Å². The molecule has 0 heterocycles. The van der Waals surface area contributed by atoms with Crippen LogP contribution in [0.25, 0.3) is 0 Å². The van der Waals surface area contributed by atoms with Gasteiger partial charge in [0.25, 0.3) is 0 Å². The minimum atomic E-state index is -4.16. The zero-order chi connectivity index (χ0) is 23.1. The largest absolute Gasteiger partial charge is 0.494 e. The number of rotatable bonds is 10. The third-order valence-corrected chi connectivity index (χ3v) is 6.41. The number of alkyl halides is 3. The van der Waals surface area contributed by atoms with Crippen molar-refractivity contribution < 1.29 is 22.1 Å². The fraction of sp³-hybridized carbons (Fsp3) is 0.500. The van der Waals surface area contributed by atoms with E-state index in [4.69, 9.17) is 4.74 Å². The SMILES string of the molecule is Cc1ccc(CC[C@@H](NS(=O)C(C)(C)C)c2ccc(OCCCC(F)(F)F)cc2)cc1. The van der Waals surface area contributed by atoms with Gasteiger partial charge in [-0.15, -0.1) is 0 Å². The molecule has 0 fully saturated rings. The normalized spacial score (nSPS) is 14.3. The van der Waals surface area contributed by atoms with Crippen LogP contribution in [0.5, 0.6) is 5.75 Å². The number of hydrogen-bond donors (Lipinski definition) is 1. The van der Waals surface area contributed by atoms with Gasteiger partial charge in [0, 0.05) is 12.5 Å². The molecule has 0 bridgehead atoms. The van der Waals surface area contributed by atoms with Gasteiger partial charge in [-0.25, -0.2) is 8.93 Å². The Kier molecular flexibility index (Phi) is 9.13. The molecule has 0 spiro atoms. The van der Waals surface area contributed by atoms with Crippen molar-refractivity contribution in [2.24, 2.45) is 0 Å². The van der Waals surface area contributed by atoms with Crippen LogP contribution >= 0.6 is 0 Å². The van der Waals surface area contributed by atoms with Gasteiger partial charge in [-0.2, -0.15) is 13.2 Å². The summed E-state index contributed by atoms with van der Waals surface area (Å²) in [5, 5.41) is 0. The fourth-order valence-electron chi connectivity index (χ4n) is 2.92. The molecular weight excluding hydrogens is 423 g/mol. The van der Waals surface area contributed by atoms with Crippen molar-refractivity contribution in [2.45, 2.75) is 70.3 Å². The first-order valence-corrected chi connectivity index (χ1v) is 11.6. The van der Waals surface area contributed by atoms with E-state index in [1.165, 1.54) is 11.1 Å². The van der Waals surface area contributed by atoms with Gasteiger partial charge in [-0.3, -0.25) is 0 Å². The maximum atomic E-state index is 12.7. The molecule has 2 aromatic carbocycles. The lowest BCUT2D eigenvalue weighted by atomic mass is 9.99. The van der Waals surface area contributed by atoms with E-state index in [-0.39, 0.29) is 19.1 Å². The van der Waals surface area contributed by atoms with Crippen molar-refractivity contribution in [3.63, 3.8) is 0 Å². The monoisotopic (exact) mass is 455 g/mol. The Morgan fingerprint density at radius 1 is 1.00 bits per heavy atom. The molecule has 0 aliphatic carbocycles. The summed E-state index contributed by atoms with van der Waals surface area (Å²) < 4.78 is 57.7. The lowest BCUT2D eigenvalue weighted by Gasteiger charge is -2.25. The first-order valence-electron chi connectivity index (χ1n) is 10.5. The van der Waals surface area contributed by atoms with Gasteiger partial charge in [0.05, 0.1) is 22.3 Å². The molecule has 2 aromatic rings. The minimum Gasteiger partial charge on any atom is -0.494 e. The van der Waals surface area contributed by atoms with Gasteiger partial charge in [0.2, 0.25) is 0 Å². The zero-order valence-electron chi connectivity index (χ0n) is 18.6. The van der Waals surface area contributed by atoms with Crippen LogP contribution in [0.1, 0.15) is 62.8 Å². The quantitative estimate of drug-likeness (QED) is 0.419. The minimum absolute atomic E-state index is 0.0159. The summed E-state index contributed by atoms with van der Waals surface area (Å²) in [4.78, 5) is 0. The molecule has 3 nitrogen and oxygen atoms in total. The van der Waals surface area contributed by atoms with Crippen molar-refractivity contribution in [3.05, 3.63) is 65.2 Å².